The fourth-order valence-electron chi connectivity index (χ4n) is 1.08. The molecule has 0 saturated heterocycles. The second kappa shape index (κ2) is 5.72. The van der Waals surface area contributed by atoms with Crippen molar-refractivity contribution in [1.82, 2.24) is 10.6 Å². The van der Waals surface area contributed by atoms with Gasteiger partial charge in [-0.2, -0.15) is 0 Å². The molecule has 1 aromatic heterocycles. The quantitative estimate of drug-likeness (QED) is 0.731. The Morgan fingerprint density at radius 3 is 2.87 bits per heavy atom. The fraction of sp³-hybridized carbons (Fsp3) is 0.500. The summed E-state index contributed by atoms with van der Waals surface area (Å²) in [5.41, 5.74) is 0. The third-order valence-corrected chi connectivity index (χ3v) is 2.72. The maximum absolute atomic E-state index is 11.2. The van der Waals surface area contributed by atoms with Crippen LogP contribution in [0.1, 0.15) is 24.8 Å². The van der Waals surface area contributed by atoms with E-state index in [0.29, 0.717) is 0 Å². The minimum absolute atomic E-state index is 0.101. The number of rotatable bonds is 4. The monoisotopic (exact) mass is 228 g/mol. The summed E-state index contributed by atoms with van der Waals surface area (Å²) >= 11 is 1.47. The summed E-state index contributed by atoms with van der Waals surface area (Å²) in [6.45, 7) is 4.00. The third-order valence-electron chi connectivity index (χ3n) is 1.75. The predicted octanol–water partition coefficient (Wildman–Crippen LogP) is 1.49. The van der Waals surface area contributed by atoms with Crippen LogP contribution in [0.4, 0.5) is 4.79 Å². The first kappa shape index (κ1) is 12.0. The van der Waals surface area contributed by atoms with E-state index < -0.39 is 6.10 Å². The summed E-state index contributed by atoms with van der Waals surface area (Å²) in [7, 11) is 0. The van der Waals surface area contributed by atoms with E-state index in [1.165, 1.54) is 11.3 Å². The smallest absolute Gasteiger partial charge is 0.315 e. The molecule has 0 fully saturated rings. The second-order valence-corrected chi connectivity index (χ2v) is 4.52. The molecule has 1 heterocycles. The van der Waals surface area contributed by atoms with Crippen LogP contribution in [0.15, 0.2) is 17.5 Å². The number of amides is 2. The molecule has 1 atom stereocenters. The largest absolute Gasteiger partial charge is 0.386 e. The standard InChI is InChI=1S/C10H16N2O2S/c1-7(2)12-10(14)11-6-8(13)9-4-3-5-15-9/h3-5,7-8,13H,6H2,1-2H3,(H2,11,12,14). The van der Waals surface area contributed by atoms with Gasteiger partial charge in [-0.3, -0.25) is 0 Å². The highest BCUT2D eigenvalue weighted by atomic mass is 32.1. The van der Waals surface area contributed by atoms with E-state index in [1.807, 2.05) is 31.4 Å². The molecule has 0 aliphatic heterocycles. The van der Waals surface area contributed by atoms with E-state index in [-0.39, 0.29) is 18.6 Å². The number of thiophene rings is 1. The molecule has 0 aliphatic rings. The van der Waals surface area contributed by atoms with Gasteiger partial charge in [0.2, 0.25) is 0 Å². The van der Waals surface area contributed by atoms with Gasteiger partial charge in [0, 0.05) is 10.9 Å². The summed E-state index contributed by atoms with van der Waals surface area (Å²) in [4.78, 5) is 12.1. The van der Waals surface area contributed by atoms with Gasteiger partial charge in [0.25, 0.3) is 0 Å². The van der Waals surface area contributed by atoms with E-state index in [2.05, 4.69) is 10.6 Å². The minimum atomic E-state index is -0.622. The maximum Gasteiger partial charge on any atom is 0.315 e. The Labute approximate surface area is 93.3 Å². The fourth-order valence-corrected chi connectivity index (χ4v) is 1.80. The van der Waals surface area contributed by atoms with E-state index in [0.717, 1.165) is 4.88 Å². The van der Waals surface area contributed by atoms with E-state index >= 15 is 0 Å². The molecular weight excluding hydrogens is 212 g/mol. The summed E-state index contributed by atoms with van der Waals surface area (Å²) in [5, 5.41) is 16.9. The molecule has 1 rings (SSSR count). The van der Waals surface area contributed by atoms with Crippen molar-refractivity contribution in [3.63, 3.8) is 0 Å². The molecular formula is C10H16N2O2S. The highest BCUT2D eigenvalue weighted by Crippen LogP contribution is 2.17. The number of carbonyl (C=O) groups excluding carboxylic acids is 1. The number of aliphatic hydroxyl groups is 1. The Balaban J connectivity index is 2.28. The average molecular weight is 228 g/mol. The van der Waals surface area contributed by atoms with Crippen molar-refractivity contribution in [3.8, 4) is 0 Å². The third kappa shape index (κ3) is 4.31. The van der Waals surface area contributed by atoms with Gasteiger partial charge in [-0.15, -0.1) is 11.3 Å². The summed E-state index contributed by atoms with van der Waals surface area (Å²) in [5.74, 6) is 0. The maximum atomic E-state index is 11.2. The first-order chi connectivity index (χ1) is 7.09. The molecule has 0 aromatic carbocycles. The van der Waals surface area contributed by atoms with Crippen molar-refractivity contribution in [2.75, 3.05) is 6.54 Å². The molecule has 4 nitrogen and oxygen atoms in total. The summed E-state index contributed by atoms with van der Waals surface area (Å²) in [6, 6.07) is 3.57. The highest BCUT2D eigenvalue weighted by Gasteiger charge is 2.10. The highest BCUT2D eigenvalue weighted by molar-refractivity contribution is 7.10. The van der Waals surface area contributed by atoms with Crippen molar-refractivity contribution in [3.05, 3.63) is 22.4 Å². The summed E-state index contributed by atoms with van der Waals surface area (Å²) < 4.78 is 0. The Kier molecular flexibility index (Phi) is 4.58. The lowest BCUT2D eigenvalue weighted by Crippen LogP contribution is -2.41. The SMILES string of the molecule is CC(C)NC(=O)NCC(O)c1cccs1. The van der Waals surface area contributed by atoms with Gasteiger partial charge in [-0.25, -0.2) is 4.79 Å². The predicted molar refractivity (Wildman–Crippen MR) is 60.9 cm³/mol. The molecule has 0 saturated carbocycles. The minimum Gasteiger partial charge on any atom is -0.386 e. The molecule has 1 unspecified atom stereocenters. The lowest BCUT2D eigenvalue weighted by molar-refractivity contribution is 0.176. The van der Waals surface area contributed by atoms with Crippen LogP contribution in [0.2, 0.25) is 0 Å². The number of nitrogens with one attached hydrogen (secondary N) is 2. The van der Waals surface area contributed by atoms with Crippen LogP contribution >= 0.6 is 11.3 Å². The van der Waals surface area contributed by atoms with Gasteiger partial charge in [0.15, 0.2) is 0 Å². The van der Waals surface area contributed by atoms with Crippen LogP contribution in [0.5, 0.6) is 0 Å². The zero-order valence-corrected chi connectivity index (χ0v) is 9.67. The van der Waals surface area contributed by atoms with Crippen molar-refractivity contribution in [1.29, 1.82) is 0 Å². The number of aliphatic hydroxyl groups excluding tert-OH is 1. The van der Waals surface area contributed by atoms with Gasteiger partial charge in [0.1, 0.15) is 6.10 Å². The van der Waals surface area contributed by atoms with Gasteiger partial charge in [-0.05, 0) is 25.3 Å². The zero-order valence-electron chi connectivity index (χ0n) is 8.86. The Hall–Kier alpha value is -1.07. The van der Waals surface area contributed by atoms with Crippen molar-refractivity contribution in [2.45, 2.75) is 26.0 Å². The van der Waals surface area contributed by atoms with E-state index in [9.17, 15) is 9.90 Å². The van der Waals surface area contributed by atoms with Gasteiger partial charge < -0.3 is 15.7 Å². The van der Waals surface area contributed by atoms with E-state index in [1.54, 1.807) is 0 Å². The van der Waals surface area contributed by atoms with E-state index in [4.69, 9.17) is 0 Å². The van der Waals surface area contributed by atoms with Crippen molar-refractivity contribution >= 4 is 17.4 Å². The van der Waals surface area contributed by atoms with Crippen molar-refractivity contribution in [2.24, 2.45) is 0 Å². The number of hydrogen-bond donors (Lipinski definition) is 3. The molecule has 0 aliphatic carbocycles. The van der Waals surface area contributed by atoms with Crippen LogP contribution in [0.3, 0.4) is 0 Å². The van der Waals surface area contributed by atoms with Gasteiger partial charge >= 0.3 is 6.03 Å². The number of urea groups is 1. The average Bonchev–Trinajstić information content (AvgIpc) is 2.65. The topological polar surface area (TPSA) is 61.4 Å². The molecule has 84 valence electrons. The lowest BCUT2D eigenvalue weighted by atomic mass is 10.3. The van der Waals surface area contributed by atoms with Gasteiger partial charge in [0.05, 0.1) is 6.54 Å². The Morgan fingerprint density at radius 1 is 1.60 bits per heavy atom. The van der Waals surface area contributed by atoms with Crippen LogP contribution < -0.4 is 10.6 Å². The molecule has 15 heavy (non-hydrogen) atoms. The molecule has 3 N–H and O–H groups in total. The molecule has 0 spiro atoms. The summed E-state index contributed by atoms with van der Waals surface area (Å²) in [6.07, 6.45) is -0.622. The van der Waals surface area contributed by atoms with Gasteiger partial charge in [-0.1, -0.05) is 6.07 Å². The van der Waals surface area contributed by atoms with Crippen LogP contribution in [0.25, 0.3) is 0 Å². The molecule has 0 radical (unpaired) electrons. The second-order valence-electron chi connectivity index (χ2n) is 3.54. The normalized spacial score (nSPS) is 12.5. The Morgan fingerprint density at radius 2 is 2.33 bits per heavy atom. The molecule has 0 bridgehead atoms. The van der Waals surface area contributed by atoms with Crippen LogP contribution in [0, 0.1) is 0 Å². The first-order valence-electron chi connectivity index (χ1n) is 4.85. The molecule has 1 aromatic rings. The lowest BCUT2D eigenvalue weighted by Gasteiger charge is -2.12. The van der Waals surface area contributed by atoms with Crippen LogP contribution in [-0.2, 0) is 0 Å². The van der Waals surface area contributed by atoms with Crippen molar-refractivity contribution < 1.29 is 9.90 Å². The number of hydrogen-bond acceptors (Lipinski definition) is 3. The zero-order chi connectivity index (χ0) is 11.3. The molecule has 2 amide bonds. The van der Waals surface area contributed by atoms with Crippen LogP contribution in [-0.4, -0.2) is 23.7 Å². The molecule has 5 heteroatoms. The first-order valence-corrected chi connectivity index (χ1v) is 5.73. The number of carbonyl (C=O) groups is 1. The Bertz CT molecular complexity index is 298.